The fourth-order valence-corrected chi connectivity index (χ4v) is 5.50. The molecule has 0 spiro atoms. The Kier molecular flexibility index (Phi) is 13.2. The van der Waals surface area contributed by atoms with E-state index in [-0.39, 0.29) is 24.7 Å². The number of ether oxygens (including phenoxy) is 3. The van der Waals surface area contributed by atoms with E-state index in [1.807, 2.05) is 13.8 Å². The number of unbranched alkanes of at least 4 members (excludes halogenated alkanes) is 2. The quantitative estimate of drug-likeness (QED) is 0.108. The van der Waals surface area contributed by atoms with E-state index in [0.29, 0.717) is 45.1 Å². The molecule has 2 aliphatic rings. The third-order valence-corrected chi connectivity index (χ3v) is 8.10. The Morgan fingerprint density at radius 3 is 2.55 bits per heavy atom. The van der Waals surface area contributed by atoms with Gasteiger partial charge in [-0.15, -0.1) is 0 Å². The first-order valence-electron chi connectivity index (χ1n) is 14.0. The Hall–Kier alpha value is -1.45. The van der Waals surface area contributed by atoms with Crippen LogP contribution >= 0.6 is 0 Å². The average Bonchev–Trinajstić information content (AvgIpc) is 3.16. The van der Waals surface area contributed by atoms with Gasteiger partial charge in [-0.25, -0.2) is 4.39 Å². The van der Waals surface area contributed by atoms with Crippen LogP contribution in [0.4, 0.5) is 17.6 Å². The Morgan fingerprint density at radius 2 is 1.95 bits per heavy atom. The number of halogens is 4. The number of rotatable bonds is 14. The molecule has 1 aliphatic carbocycles. The van der Waals surface area contributed by atoms with Gasteiger partial charge < -0.3 is 19.3 Å². The molecule has 38 heavy (non-hydrogen) atoms. The molecular weight excluding hydrogens is 504 g/mol. The molecule has 1 heterocycles. The summed E-state index contributed by atoms with van der Waals surface area (Å²) >= 11 is 0. The number of hydrogen-bond acceptors (Lipinski definition) is 5. The van der Waals surface area contributed by atoms with Crippen LogP contribution in [0.15, 0.2) is 24.3 Å². The molecule has 8 atom stereocenters. The van der Waals surface area contributed by atoms with Gasteiger partial charge in [0.2, 0.25) is 0 Å². The van der Waals surface area contributed by atoms with Crippen molar-refractivity contribution in [2.24, 2.45) is 23.2 Å². The topological polar surface area (TPSA) is 65.0 Å². The van der Waals surface area contributed by atoms with Gasteiger partial charge in [0.1, 0.15) is 6.17 Å². The molecule has 0 aromatic carbocycles. The molecule has 9 heteroatoms. The largest absolute Gasteiger partial charge is 0.469 e. The lowest BCUT2D eigenvalue weighted by Crippen LogP contribution is -2.47. The van der Waals surface area contributed by atoms with Crippen LogP contribution < -0.4 is 0 Å². The number of methoxy groups -OCH3 is 1. The van der Waals surface area contributed by atoms with Crippen LogP contribution in [-0.2, 0) is 19.0 Å². The maximum Gasteiger partial charge on any atom is 0.397 e. The van der Waals surface area contributed by atoms with Gasteiger partial charge in [-0.1, -0.05) is 51.0 Å². The first kappa shape index (κ1) is 32.8. The summed E-state index contributed by atoms with van der Waals surface area (Å²) in [4.78, 5) is 11.2. The Balaban J connectivity index is 2.24. The third kappa shape index (κ3) is 9.05. The molecule has 1 aliphatic heterocycles. The SMILES string of the molecule is CCCCC(C)([C@@H](/C=C/[C@@H]1[C@@H](C(F)/C=C\CCCC(=O)OC)[C@@H](O)C[C@H]1C)OC1CCCCO1)C(F)(F)F. The summed E-state index contributed by atoms with van der Waals surface area (Å²) in [6.07, 6.45) is 1.88. The van der Waals surface area contributed by atoms with Crippen LogP contribution in [0, 0.1) is 23.2 Å². The standard InChI is InChI=1S/C29H46F4O5/c1-5-6-17-28(3,29(31,32)33)24(38-26-14-10-11-18-37-26)16-15-21-20(2)19-23(34)27(21)22(30)12-8-7-9-13-25(35)36-4/h8,12,15-16,20-24,26-27,34H,5-7,9-11,13-14,17-19H2,1-4H3/b12-8-,16-15+/t20-,21+,22?,23+,24-,26?,27+,28?/m1/s1. The van der Waals surface area contributed by atoms with Crippen molar-refractivity contribution in [3.05, 3.63) is 24.3 Å². The van der Waals surface area contributed by atoms with Crippen molar-refractivity contribution in [3.8, 4) is 0 Å². The summed E-state index contributed by atoms with van der Waals surface area (Å²) in [6.45, 7) is 5.37. The van der Waals surface area contributed by atoms with Crippen molar-refractivity contribution in [3.63, 3.8) is 0 Å². The van der Waals surface area contributed by atoms with Gasteiger partial charge in [-0.05, 0) is 63.7 Å². The minimum Gasteiger partial charge on any atom is -0.469 e. The van der Waals surface area contributed by atoms with E-state index in [2.05, 4.69) is 4.74 Å². The zero-order chi connectivity index (χ0) is 28.3. The number of allylic oxidation sites excluding steroid dienone is 3. The number of carbonyl (C=O) groups excluding carboxylic acids is 1. The van der Waals surface area contributed by atoms with Crippen molar-refractivity contribution < 1.29 is 41.7 Å². The molecule has 0 aromatic heterocycles. The normalized spacial score (nSPS) is 30.0. The van der Waals surface area contributed by atoms with Gasteiger partial charge >= 0.3 is 12.1 Å². The van der Waals surface area contributed by atoms with E-state index in [4.69, 9.17) is 9.47 Å². The highest BCUT2D eigenvalue weighted by atomic mass is 19.4. The molecule has 0 aromatic rings. The maximum atomic E-state index is 15.3. The van der Waals surface area contributed by atoms with Crippen LogP contribution in [0.25, 0.3) is 0 Å². The van der Waals surface area contributed by atoms with Crippen molar-refractivity contribution in [1.82, 2.24) is 0 Å². The number of alkyl halides is 4. The van der Waals surface area contributed by atoms with E-state index in [0.717, 1.165) is 12.8 Å². The van der Waals surface area contributed by atoms with Gasteiger partial charge in [-0.3, -0.25) is 4.79 Å². The number of esters is 1. The van der Waals surface area contributed by atoms with Crippen molar-refractivity contribution >= 4 is 5.97 Å². The molecule has 1 N–H and O–H groups in total. The highest BCUT2D eigenvalue weighted by molar-refractivity contribution is 5.69. The summed E-state index contributed by atoms with van der Waals surface area (Å²) in [5, 5.41) is 10.6. The molecule has 3 unspecified atom stereocenters. The summed E-state index contributed by atoms with van der Waals surface area (Å²) in [5.41, 5.74) is -2.13. The van der Waals surface area contributed by atoms with E-state index < -0.39 is 48.1 Å². The smallest absolute Gasteiger partial charge is 0.397 e. The average molecular weight is 551 g/mol. The summed E-state index contributed by atoms with van der Waals surface area (Å²) in [7, 11) is 1.31. The highest BCUT2D eigenvalue weighted by Crippen LogP contribution is 2.48. The second-order valence-corrected chi connectivity index (χ2v) is 11.0. The lowest BCUT2D eigenvalue weighted by atomic mass is 9.77. The van der Waals surface area contributed by atoms with Crippen LogP contribution in [0.2, 0.25) is 0 Å². The van der Waals surface area contributed by atoms with E-state index >= 15 is 4.39 Å². The number of aliphatic hydroxyl groups excluding tert-OH is 1. The van der Waals surface area contributed by atoms with Gasteiger partial charge in [0.15, 0.2) is 6.29 Å². The first-order valence-corrected chi connectivity index (χ1v) is 14.0. The summed E-state index contributed by atoms with van der Waals surface area (Å²) < 4.78 is 74.9. The van der Waals surface area contributed by atoms with Gasteiger partial charge in [0, 0.05) is 18.9 Å². The van der Waals surface area contributed by atoms with E-state index in [1.54, 1.807) is 12.2 Å². The third-order valence-electron chi connectivity index (χ3n) is 8.10. The number of hydrogen-bond donors (Lipinski definition) is 1. The number of carbonyl (C=O) groups is 1. The second-order valence-electron chi connectivity index (χ2n) is 11.0. The first-order chi connectivity index (χ1) is 17.9. The second kappa shape index (κ2) is 15.4. The van der Waals surface area contributed by atoms with Gasteiger partial charge in [-0.2, -0.15) is 13.2 Å². The van der Waals surface area contributed by atoms with Crippen LogP contribution in [0.1, 0.15) is 85.0 Å². The van der Waals surface area contributed by atoms with E-state index in [9.17, 15) is 23.1 Å². The zero-order valence-corrected chi connectivity index (χ0v) is 23.2. The molecule has 0 bridgehead atoms. The number of aliphatic hydroxyl groups is 1. The van der Waals surface area contributed by atoms with Gasteiger partial charge in [0.05, 0.1) is 24.7 Å². The summed E-state index contributed by atoms with van der Waals surface area (Å²) in [6, 6.07) is 0. The minimum absolute atomic E-state index is 0.0962. The minimum atomic E-state index is -4.51. The van der Waals surface area contributed by atoms with Gasteiger partial charge in [0.25, 0.3) is 0 Å². The predicted molar refractivity (Wildman–Crippen MR) is 138 cm³/mol. The van der Waals surface area contributed by atoms with E-state index in [1.165, 1.54) is 26.2 Å². The molecule has 2 fully saturated rings. The fraction of sp³-hybridized carbons (Fsp3) is 0.828. The Bertz CT molecular complexity index is 765. The Morgan fingerprint density at radius 1 is 1.21 bits per heavy atom. The Labute approximate surface area is 225 Å². The predicted octanol–water partition coefficient (Wildman–Crippen LogP) is 7.08. The monoisotopic (exact) mass is 550 g/mol. The van der Waals surface area contributed by atoms with Crippen LogP contribution in [0.3, 0.4) is 0 Å². The molecule has 0 amide bonds. The lowest BCUT2D eigenvalue weighted by molar-refractivity contribution is -0.279. The molecular formula is C29H46F4O5. The molecule has 5 nitrogen and oxygen atoms in total. The highest BCUT2D eigenvalue weighted by Gasteiger charge is 2.56. The van der Waals surface area contributed by atoms with Crippen molar-refractivity contribution in [2.75, 3.05) is 13.7 Å². The van der Waals surface area contributed by atoms with Crippen LogP contribution in [-0.4, -0.2) is 55.6 Å². The molecule has 2 rings (SSSR count). The molecule has 0 radical (unpaired) electrons. The fourth-order valence-electron chi connectivity index (χ4n) is 5.50. The zero-order valence-electron chi connectivity index (χ0n) is 23.2. The molecule has 1 saturated heterocycles. The molecule has 220 valence electrons. The van der Waals surface area contributed by atoms with Crippen LogP contribution in [0.5, 0.6) is 0 Å². The van der Waals surface area contributed by atoms with Crippen molar-refractivity contribution in [1.29, 1.82) is 0 Å². The molecule has 1 saturated carbocycles. The lowest BCUT2D eigenvalue weighted by Gasteiger charge is -2.40. The maximum absolute atomic E-state index is 15.3. The summed E-state index contributed by atoms with van der Waals surface area (Å²) in [5.74, 6) is -1.68. The van der Waals surface area contributed by atoms with Crippen molar-refractivity contribution in [2.45, 2.75) is 116 Å².